The molecule has 0 aliphatic carbocycles. The molecule has 7 nitrogen and oxygen atoms in total. The quantitative estimate of drug-likeness (QED) is 0.511. The van der Waals surface area contributed by atoms with Crippen molar-refractivity contribution in [2.24, 2.45) is 5.92 Å². The van der Waals surface area contributed by atoms with Crippen molar-refractivity contribution in [3.8, 4) is 5.75 Å². The molecule has 4 atom stereocenters. The molecule has 4 heterocycles. The van der Waals surface area contributed by atoms with Gasteiger partial charge in [-0.15, -0.1) is 0 Å². The molecule has 3 aromatic rings. The molecule has 0 radical (unpaired) electrons. The van der Waals surface area contributed by atoms with Gasteiger partial charge in [-0.2, -0.15) is 0 Å². The predicted octanol–water partition coefficient (Wildman–Crippen LogP) is 4.41. The molecular formula is C31H29N3O4. The number of ketones is 1. The van der Waals surface area contributed by atoms with Crippen LogP contribution in [0.2, 0.25) is 0 Å². The predicted molar refractivity (Wildman–Crippen MR) is 143 cm³/mol. The van der Waals surface area contributed by atoms with Gasteiger partial charge in [0.25, 0.3) is 5.91 Å². The Morgan fingerprint density at radius 3 is 2.58 bits per heavy atom. The minimum atomic E-state index is -1.45. The smallest absolute Gasteiger partial charge is 0.251 e. The van der Waals surface area contributed by atoms with Crippen LogP contribution in [0.1, 0.15) is 46.8 Å². The number of hydrogen-bond donors (Lipinski definition) is 2. The first kappa shape index (κ1) is 23.2. The Morgan fingerprint density at radius 2 is 1.74 bits per heavy atom. The Kier molecular flexibility index (Phi) is 4.89. The van der Waals surface area contributed by atoms with E-state index in [-0.39, 0.29) is 23.6 Å². The van der Waals surface area contributed by atoms with Crippen LogP contribution in [0.15, 0.2) is 66.7 Å². The van der Waals surface area contributed by atoms with Gasteiger partial charge in [0.15, 0.2) is 5.78 Å². The van der Waals surface area contributed by atoms with Gasteiger partial charge in [0.1, 0.15) is 16.7 Å². The summed E-state index contributed by atoms with van der Waals surface area (Å²) < 4.78 is 5.87. The van der Waals surface area contributed by atoms with Gasteiger partial charge in [-0.25, -0.2) is 0 Å². The summed E-state index contributed by atoms with van der Waals surface area (Å²) in [7, 11) is 0. The lowest BCUT2D eigenvalue weighted by atomic mass is 9.57. The minimum Gasteiger partial charge on any atom is -0.493 e. The van der Waals surface area contributed by atoms with Gasteiger partial charge in [-0.1, -0.05) is 48.5 Å². The highest BCUT2D eigenvalue weighted by atomic mass is 16.5. The molecule has 4 aliphatic rings. The van der Waals surface area contributed by atoms with E-state index < -0.39 is 16.9 Å². The van der Waals surface area contributed by atoms with Crippen LogP contribution >= 0.6 is 0 Å². The summed E-state index contributed by atoms with van der Waals surface area (Å²) in [5.41, 5.74) is 1.45. The molecule has 0 unspecified atom stereocenters. The maximum atomic E-state index is 14.8. The second-order valence-electron chi connectivity index (χ2n) is 10.6. The number of Topliss-reactive ketones (excluding diaryl/α,β-unsaturated/α-hetero) is 1. The standard InChI is InChI=1S/C31H29N3O4/c1-3-38-24-16-7-4-11-19(24)27(35)25-23-15-9-17-34(23)31(21-13-8-10-18(2)26(21)33-29(31)37)30(25)20-12-5-6-14-22(20)32-28(30)36/h4-8,10-14,16,23,25H,3,9,15,17H2,1-2H3,(H,32,36)(H,33,37)/t23-,25-,30+,31-/m0/s1. The van der Waals surface area contributed by atoms with Crippen molar-refractivity contribution in [1.82, 2.24) is 4.90 Å². The second kappa shape index (κ2) is 8.01. The SMILES string of the molecule is CCOc1ccccc1C(=O)[C@@H]1[C@@H]2CCCN2[C@@]2(C(=O)Nc3c(C)cccc32)[C@@]12C(=O)Nc1ccccc12. The van der Waals surface area contributed by atoms with Gasteiger partial charge in [-0.05, 0) is 62.6 Å². The molecule has 7 heteroatoms. The van der Waals surface area contributed by atoms with E-state index in [9.17, 15) is 14.4 Å². The fraction of sp³-hybridized carbons (Fsp3) is 0.323. The van der Waals surface area contributed by atoms with Gasteiger partial charge < -0.3 is 15.4 Å². The van der Waals surface area contributed by atoms with Crippen molar-refractivity contribution in [3.05, 3.63) is 89.0 Å². The average molecular weight is 508 g/mol. The maximum Gasteiger partial charge on any atom is 0.251 e. The first-order chi connectivity index (χ1) is 18.5. The average Bonchev–Trinajstić information content (AvgIpc) is 3.64. The van der Waals surface area contributed by atoms with Crippen LogP contribution in [0.4, 0.5) is 11.4 Å². The minimum absolute atomic E-state index is 0.163. The zero-order valence-electron chi connectivity index (χ0n) is 21.4. The van der Waals surface area contributed by atoms with Crippen LogP contribution in [0.5, 0.6) is 5.75 Å². The molecule has 0 aromatic heterocycles. The van der Waals surface area contributed by atoms with Crippen molar-refractivity contribution < 1.29 is 19.1 Å². The number of fused-ring (bicyclic) bond motifs is 7. The van der Waals surface area contributed by atoms with E-state index in [2.05, 4.69) is 15.5 Å². The first-order valence-electron chi connectivity index (χ1n) is 13.3. The van der Waals surface area contributed by atoms with Crippen molar-refractivity contribution >= 4 is 29.0 Å². The van der Waals surface area contributed by atoms with Crippen LogP contribution < -0.4 is 15.4 Å². The Hall–Kier alpha value is -3.97. The topological polar surface area (TPSA) is 87.7 Å². The Bertz CT molecular complexity index is 1530. The number of nitrogens with one attached hydrogen (secondary N) is 2. The number of ether oxygens (including phenoxy) is 1. The van der Waals surface area contributed by atoms with Crippen molar-refractivity contribution in [3.63, 3.8) is 0 Å². The number of nitrogens with zero attached hydrogens (tertiary/aromatic N) is 1. The van der Waals surface area contributed by atoms with Crippen LogP contribution in [-0.2, 0) is 20.5 Å². The van der Waals surface area contributed by atoms with E-state index in [4.69, 9.17) is 4.74 Å². The van der Waals surface area contributed by atoms with Gasteiger partial charge in [0, 0.05) is 23.0 Å². The van der Waals surface area contributed by atoms with E-state index >= 15 is 0 Å². The highest BCUT2D eigenvalue weighted by molar-refractivity contribution is 6.21. The fourth-order valence-corrected chi connectivity index (χ4v) is 7.87. The monoisotopic (exact) mass is 507 g/mol. The van der Waals surface area contributed by atoms with Crippen LogP contribution in [-0.4, -0.2) is 41.7 Å². The van der Waals surface area contributed by atoms with Gasteiger partial charge in [0.2, 0.25) is 5.91 Å². The van der Waals surface area contributed by atoms with Crippen molar-refractivity contribution in [2.75, 3.05) is 23.8 Å². The lowest BCUT2D eigenvalue weighted by molar-refractivity contribution is -0.137. The third kappa shape index (κ3) is 2.55. The van der Waals surface area contributed by atoms with Crippen molar-refractivity contribution in [2.45, 2.75) is 43.7 Å². The summed E-state index contributed by atoms with van der Waals surface area (Å²) in [6.45, 7) is 4.89. The molecule has 4 aliphatic heterocycles. The molecule has 38 heavy (non-hydrogen) atoms. The van der Waals surface area contributed by atoms with E-state index in [1.165, 1.54) is 0 Å². The Balaban J connectivity index is 1.58. The Morgan fingerprint density at radius 1 is 0.974 bits per heavy atom. The van der Waals surface area contributed by atoms with E-state index in [1.807, 2.05) is 68.4 Å². The van der Waals surface area contributed by atoms with Crippen LogP contribution in [0, 0.1) is 12.8 Å². The van der Waals surface area contributed by atoms with Crippen LogP contribution in [0.25, 0.3) is 0 Å². The molecule has 2 saturated heterocycles. The number of amides is 2. The normalized spacial score (nSPS) is 28.8. The zero-order valence-corrected chi connectivity index (χ0v) is 21.4. The lowest BCUT2D eigenvalue weighted by Crippen LogP contribution is -2.62. The van der Waals surface area contributed by atoms with Crippen LogP contribution in [0.3, 0.4) is 0 Å². The number of carbonyl (C=O) groups excluding carboxylic acids is 3. The van der Waals surface area contributed by atoms with Gasteiger partial charge in [-0.3, -0.25) is 19.3 Å². The molecule has 2 N–H and O–H groups in total. The number of rotatable bonds is 4. The van der Waals surface area contributed by atoms with Gasteiger partial charge >= 0.3 is 0 Å². The van der Waals surface area contributed by atoms with E-state index in [0.717, 1.165) is 29.7 Å². The second-order valence-corrected chi connectivity index (χ2v) is 10.6. The third-order valence-corrected chi connectivity index (χ3v) is 9.07. The number of anilines is 2. The number of benzene rings is 3. The molecule has 0 saturated carbocycles. The molecule has 2 spiro atoms. The lowest BCUT2D eigenvalue weighted by Gasteiger charge is -2.43. The molecule has 7 rings (SSSR count). The summed E-state index contributed by atoms with van der Waals surface area (Å²) in [6.07, 6.45) is 1.57. The summed E-state index contributed by atoms with van der Waals surface area (Å²) in [5, 5.41) is 6.23. The third-order valence-electron chi connectivity index (χ3n) is 9.07. The largest absolute Gasteiger partial charge is 0.493 e. The van der Waals surface area contributed by atoms with E-state index in [0.29, 0.717) is 35.7 Å². The summed E-state index contributed by atoms with van der Waals surface area (Å²) >= 11 is 0. The molecule has 0 bridgehead atoms. The molecular weight excluding hydrogens is 478 g/mol. The molecule has 2 fully saturated rings. The maximum absolute atomic E-state index is 14.8. The molecule has 3 aromatic carbocycles. The highest BCUT2D eigenvalue weighted by Gasteiger charge is 2.81. The molecule has 2 amide bonds. The first-order valence-corrected chi connectivity index (χ1v) is 13.3. The van der Waals surface area contributed by atoms with Crippen molar-refractivity contribution in [1.29, 1.82) is 0 Å². The Labute approximate surface area is 221 Å². The summed E-state index contributed by atoms with van der Waals surface area (Å²) in [5.74, 6) is -0.991. The fourth-order valence-electron chi connectivity index (χ4n) is 7.87. The van der Waals surface area contributed by atoms with E-state index in [1.54, 1.807) is 12.1 Å². The highest BCUT2D eigenvalue weighted by Crippen LogP contribution is 2.68. The summed E-state index contributed by atoms with van der Waals surface area (Å²) in [4.78, 5) is 46.0. The molecule has 192 valence electrons. The number of carbonyl (C=O) groups is 3. The van der Waals surface area contributed by atoms with Gasteiger partial charge in [0.05, 0.1) is 18.1 Å². The number of para-hydroxylation sites is 3. The summed E-state index contributed by atoms with van der Waals surface area (Å²) in [6, 6.07) is 20.3. The number of hydrogen-bond acceptors (Lipinski definition) is 5. The zero-order chi connectivity index (χ0) is 26.2. The number of aryl methyl sites for hydroxylation is 1.